The minimum Gasteiger partial charge on any atom is -0.491 e. The molecule has 1 aromatic rings. The Morgan fingerprint density at radius 3 is 2.36 bits per heavy atom. The third-order valence-electron chi connectivity index (χ3n) is 5.46. The molecule has 0 radical (unpaired) electrons. The predicted molar refractivity (Wildman–Crippen MR) is 105 cm³/mol. The number of hydrogen-bond donors (Lipinski definition) is 1. The summed E-state index contributed by atoms with van der Waals surface area (Å²) in [5.41, 5.74) is 6.70. The second-order valence-corrected chi connectivity index (χ2v) is 7.63. The van der Waals surface area contributed by atoms with Gasteiger partial charge in [0.25, 0.3) is 0 Å². The molecule has 2 atom stereocenters. The van der Waals surface area contributed by atoms with Gasteiger partial charge in [0, 0.05) is 24.9 Å². The molecule has 3 rings (SSSR count). The van der Waals surface area contributed by atoms with E-state index >= 15 is 0 Å². The molecule has 6 nitrogen and oxygen atoms in total. The van der Waals surface area contributed by atoms with Crippen molar-refractivity contribution in [3.05, 3.63) is 52.7 Å². The van der Waals surface area contributed by atoms with Gasteiger partial charge in [-0.2, -0.15) is 15.8 Å². The van der Waals surface area contributed by atoms with Crippen molar-refractivity contribution in [3.63, 3.8) is 0 Å². The molecule has 0 aromatic heterocycles. The molecule has 6 heteroatoms. The monoisotopic (exact) mass is 373 g/mol. The lowest BCUT2D eigenvalue weighted by Gasteiger charge is -2.45. The number of nitriles is 3. The lowest BCUT2D eigenvalue weighted by atomic mass is 9.58. The van der Waals surface area contributed by atoms with Crippen molar-refractivity contribution in [1.82, 2.24) is 4.90 Å². The summed E-state index contributed by atoms with van der Waals surface area (Å²) >= 11 is 0. The quantitative estimate of drug-likeness (QED) is 0.872. The summed E-state index contributed by atoms with van der Waals surface area (Å²) in [6.07, 6.45) is 2.04. The number of hydrogen-bond acceptors (Lipinski definition) is 6. The molecule has 0 fully saturated rings. The van der Waals surface area contributed by atoms with Crippen LogP contribution in [0.1, 0.15) is 25.3 Å². The Morgan fingerprint density at radius 2 is 1.82 bits per heavy atom. The Kier molecular flexibility index (Phi) is 5.14. The van der Waals surface area contributed by atoms with Crippen molar-refractivity contribution in [3.8, 4) is 24.0 Å². The van der Waals surface area contributed by atoms with E-state index in [1.165, 1.54) is 0 Å². The Bertz CT molecular complexity index is 939. The van der Waals surface area contributed by atoms with E-state index in [0.29, 0.717) is 13.1 Å². The fourth-order valence-electron chi connectivity index (χ4n) is 4.23. The van der Waals surface area contributed by atoms with Crippen LogP contribution in [0.15, 0.2) is 47.2 Å². The molecule has 1 aromatic carbocycles. The van der Waals surface area contributed by atoms with Crippen molar-refractivity contribution in [2.45, 2.75) is 25.9 Å². The summed E-state index contributed by atoms with van der Waals surface area (Å²) in [6, 6.07) is 13.9. The lowest BCUT2D eigenvalue weighted by molar-refractivity contribution is 0.235. The first-order chi connectivity index (χ1) is 13.4. The zero-order chi connectivity index (χ0) is 20.5. The molecule has 142 valence electrons. The maximum absolute atomic E-state index is 10.0. The molecular formula is C22H23N5O. The number of allylic oxidation sites excluding steroid dienone is 2. The third kappa shape index (κ3) is 3.01. The van der Waals surface area contributed by atoms with Crippen LogP contribution in [0.5, 0.6) is 5.75 Å². The molecule has 1 aliphatic heterocycles. The number of fused-ring (bicyclic) bond motifs is 1. The topological polar surface area (TPSA) is 110 Å². The van der Waals surface area contributed by atoms with Crippen LogP contribution in [0.2, 0.25) is 0 Å². The number of ether oxygens (including phenoxy) is 1. The molecule has 0 spiro atoms. The van der Waals surface area contributed by atoms with Gasteiger partial charge in [0.1, 0.15) is 11.8 Å². The zero-order valence-corrected chi connectivity index (χ0v) is 16.3. The number of nitrogens with two attached hydrogens (primary N) is 1. The van der Waals surface area contributed by atoms with Gasteiger partial charge in [0.05, 0.1) is 29.5 Å². The van der Waals surface area contributed by atoms with Gasteiger partial charge in [-0.1, -0.05) is 18.2 Å². The van der Waals surface area contributed by atoms with E-state index in [2.05, 4.69) is 23.1 Å². The third-order valence-corrected chi connectivity index (χ3v) is 5.46. The van der Waals surface area contributed by atoms with E-state index in [0.717, 1.165) is 16.9 Å². The fraction of sp³-hybridized carbons (Fsp3) is 0.409. The van der Waals surface area contributed by atoms with E-state index in [4.69, 9.17) is 10.5 Å². The summed E-state index contributed by atoms with van der Waals surface area (Å²) in [5, 5.41) is 29.8. The first-order valence-corrected chi connectivity index (χ1v) is 9.26. The first kappa shape index (κ1) is 19.5. The number of benzene rings is 1. The summed E-state index contributed by atoms with van der Waals surface area (Å²) in [6.45, 7) is 5.25. The molecule has 1 heterocycles. The largest absolute Gasteiger partial charge is 0.491 e. The summed E-state index contributed by atoms with van der Waals surface area (Å²) < 4.78 is 5.71. The van der Waals surface area contributed by atoms with Crippen LogP contribution in [0.4, 0.5) is 0 Å². The highest BCUT2D eigenvalue weighted by Crippen LogP contribution is 2.54. The smallest absolute Gasteiger partial charge is 0.191 e. The Morgan fingerprint density at radius 1 is 1.18 bits per heavy atom. The molecule has 0 bridgehead atoms. The van der Waals surface area contributed by atoms with Crippen LogP contribution >= 0.6 is 0 Å². The van der Waals surface area contributed by atoms with Crippen molar-refractivity contribution < 1.29 is 4.74 Å². The SMILES string of the molecule is CC(C)Oc1ccc([C@H]2[C@@H]3CN(C)CC=C3C(C#N)=C(N)C2(C#N)C#N)cc1. The first-order valence-electron chi connectivity index (χ1n) is 9.26. The van der Waals surface area contributed by atoms with Crippen LogP contribution in [-0.4, -0.2) is 31.1 Å². The van der Waals surface area contributed by atoms with E-state index in [-0.39, 0.29) is 23.3 Å². The standard InChI is InChI=1S/C22H23N5O/c1-14(2)28-16-6-4-15(5-7-16)20-19-11-27(3)9-8-17(19)18(10-23)21(26)22(20,12-24)13-25/h4-8,14,19-20H,9,11,26H2,1-3H3/t19-,20+/m1/s1. The minimum absolute atomic E-state index is 0.0520. The molecule has 1 aliphatic carbocycles. The maximum Gasteiger partial charge on any atom is 0.191 e. The second kappa shape index (κ2) is 7.39. The zero-order valence-electron chi connectivity index (χ0n) is 16.3. The fourth-order valence-corrected chi connectivity index (χ4v) is 4.23. The van der Waals surface area contributed by atoms with Gasteiger partial charge in [-0.05, 0) is 44.2 Å². The van der Waals surface area contributed by atoms with Gasteiger partial charge in [0.2, 0.25) is 0 Å². The van der Waals surface area contributed by atoms with Gasteiger partial charge < -0.3 is 15.4 Å². The highest BCUT2D eigenvalue weighted by Gasteiger charge is 2.54. The normalized spacial score (nSPS) is 23.8. The van der Waals surface area contributed by atoms with Gasteiger partial charge in [-0.25, -0.2) is 0 Å². The van der Waals surface area contributed by atoms with E-state index in [9.17, 15) is 15.8 Å². The molecule has 0 saturated heterocycles. The van der Waals surface area contributed by atoms with Crippen molar-refractivity contribution in [2.75, 3.05) is 20.1 Å². The minimum atomic E-state index is -1.59. The predicted octanol–water partition coefficient (Wildman–Crippen LogP) is 2.83. The summed E-state index contributed by atoms with van der Waals surface area (Å²) in [7, 11) is 1.98. The van der Waals surface area contributed by atoms with E-state index < -0.39 is 11.3 Å². The average molecular weight is 373 g/mol. The molecule has 2 N–H and O–H groups in total. The second-order valence-electron chi connectivity index (χ2n) is 7.63. The average Bonchev–Trinajstić information content (AvgIpc) is 2.68. The molecule has 2 aliphatic rings. The van der Waals surface area contributed by atoms with E-state index in [1.807, 2.05) is 51.2 Å². The number of rotatable bonds is 3. The van der Waals surface area contributed by atoms with Gasteiger partial charge in [0.15, 0.2) is 5.41 Å². The maximum atomic E-state index is 10.0. The lowest BCUT2D eigenvalue weighted by Crippen LogP contribution is -2.47. The van der Waals surface area contributed by atoms with Gasteiger partial charge >= 0.3 is 0 Å². The van der Waals surface area contributed by atoms with Crippen molar-refractivity contribution >= 4 is 0 Å². The van der Waals surface area contributed by atoms with Crippen LogP contribution in [0.25, 0.3) is 0 Å². The molecular weight excluding hydrogens is 350 g/mol. The van der Waals surface area contributed by atoms with E-state index in [1.54, 1.807) is 0 Å². The molecule has 0 amide bonds. The van der Waals surface area contributed by atoms with Crippen LogP contribution in [-0.2, 0) is 0 Å². The number of nitrogens with zero attached hydrogens (tertiary/aromatic N) is 4. The Hall–Kier alpha value is -3.27. The van der Waals surface area contributed by atoms with Crippen molar-refractivity contribution in [2.24, 2.45) is 17.1 Å². The molecule has 0 unspecified atom stereocenters. The Balaban J connectivity index is 2.19. The van der Waals surface area contributed by atoms with Crippen LogP contribution in [0, 0.1) is 45.3 Å². The highest BCUT2D eigenvalue weighted by molar-refractivity contribution is 5.59. The Labute approximate surface area is 165 Å². The highest BCUT2D eigenvalue weighted by atomic mass is 16.5. The van der Waals surface area contributed by atoms with Crippen LogP contribution in [0.3, 0.4) is 0 Å². The summed E-state index contributed by atoms with van der Waals surface area (Å²) in [5.74, 6) is 0.0883. The van der Waals surface area contributed by atoms with Crippen LogP contribution < -0.4 is 10.5 Å². The summed E-state index contributed by atoms with van der Waals surface area (Å²) in [4.78, 5) is 2.12. The molecule has 28 heavy (non-hydrogen) atoms. The van der Waals surface area contributed by atoms with Crippen molar-refractivity contribution in [1.29, 1.82) is 15.8 Å². The number of likely N-dealkylation sites (N-methyl/N-ethyl adjacent to an activating group) is 1. The van der Waals surface area contributed by atoms with Gasteiger partial charge in [-0.15, -0.1) is 0 Å². The van der Waals surface area contributed by atoms with Gasteiger partial charge in [-0.3, -0.25) is 0 Å². The molecule has 0 saturated carbocycles.